The number of Topliss-reactive ketones (excluding diaryl/α,β-unsaturated/α-hetero) is 1. The van der Waals surface area contributed by atoms with E-state index in [1.165, 1.54) is 6.20 Å². The molecule has 1 rings (SSSR count). The third kappa shape index (κ3) is 3.15. The molecule has 0 aliphatic rings. The van der Waals surface area contributed by atoms with Crippen molar-refractivity contribution in [3.05, 3.63) is 29.0 Å². The van der Waals surface area contributed by atoms with Crippen molar-refractivity contribution in [1.29, 1.82) is 5.26 Å². The second-order valence-corrected chi connectivity index (χ2v) is 3.19. The molecule has 0 unspecified atom stereocenters. The number of rotatable bonds is 4. The fourth-order valence-corrected chi connectivity index (χ4v) is 1.12. The Morgan fingerprint density at radius 3 is 2.93 bits per heavy atom. The zero-order valence-corrected chi connectivity index (χ0v) is 8.29. The second kappa shape index (κ2) is 5.36. The van der Waals surface area contributed by atoms with E-state index in [-0.39, 0.29) is 5.78 Å². The molecule has 0 saturated heterocycles. The van der Waals surface area contributed by atoms with E-state index in [1.807, 2.05) is 6.07 Å². The minimum atomic E-state index is 0.00409. The summed E-state index contributed by atoms with van der Waals surface area (Å²) in [6.45, 7) is 0. The lowest BCUT2D eigenvalue weighted by molar-refractivity contribution is 0.0980. The molecule has 14 heavy (non-hydrogen) atoms. The first-order valence-electron chi connectivity index (χ1n) is 4.25. The maximum absolute atomic E-state index is 11.4. The summed E-state index contributed by atoms with van der Waals surface area (Å²) < 4.78 is 0. The number of nitrogens with zero attached hydrogens (tertiary/aromatic N) is 2. The normalized spacial score (nSPS) is 9.43. The number of nitriles is 1. The molecule has 0 saturated carbocycles. The number of carbonyl (C=O) groups excluding carboxylic acids is 1. The summed E-state index contributed by atoms with van der Waals surface area (Å²) in [6.07, 6.45) is 2.85. The van der Waals surface area contributed by atoms with Gasteiger partial charge in [0.15, 0.2) is 5.78 Å². The Morgan fingerprint density at radius 2 is 2.36 bits per heavy atom. The Morgan fingerprint density at radius 1 is 1.57 bits per heavy atom. The monoisotopic (exact) mass is 208 g/mol. The van der Waals surface area contributed by atoms with Crippen LogP contribution in [-0.4, -0.2) is 10.8 Å². The summed E-state index contributed by atoms with van der Waals surface area (Å²) in [5, 5.41) is 8.67. The third-order valence-corrected chi connectivity index (χ3v) is 1.97. The minimum absolute atomic E-state index is 0.00409. The summed E-state index contributed by atoms with van der Waals surface area (Å²) in [5.74, 6) is 0.00409. The van der Waals surface area contributed by atoms with Crippen molar-refractivity contribution in [2.24, 2.45) is 0 Å². The summed E-state index contributed by atoms with van der Waals surface area (Å²) >= 11 is 5.58. The zero-order valence-electron chi connectivity index (χ0n) is 7.53. The van der Waals surface area contributed by atoms with Gasteiger partial charge in [0.25, 0.3) is 0 Å². The number of unbranched alkanes of at least 4 members (excludes halogenated alkanes) is 1. The molecule has 3 nitrogen and oxygen atoms in total. The molecule has 1 aromatic heterocycles. The quantitative estimate of drug-likeness (QED) is 0.434. The Labute approximate surface area is 87.3 Å². The second-order valence-electron chi connectivity index (χ2n) is 2.80. The van der Waals surface area contributed by atoms with Crippen molar-refractivity contribution < 1.29 is 4.79 Å². The van der Waals surface area contributed by atoms with Gasteiger partial charge in [0.05, 0.1) is 6.07 Å². The lowest BCUT2D eigenvalue weighted by atomic mass is 10.1. The predicted molar refractivity (Wildman–Crippen MR) is 53.0 cm³/mol. The van der Waals surface area contributed by atoms with E-state index in [9.17, 15) is 4.79 Å². The molecule has 1 heterocycles. The van der Waals surface area contributed by atoms with E-state index in [4.69, 9.17) is 16.9 Å². The topological polar surface area (TPSA) is 53.8 Å². The molecule has 0 bridgehead atoms. The van der Waals surface area contributed by atoms with Crippen molar-refractivity contribution in [3.8, 4) is 6.07 Å². The number of hydrogen-bond donors (Lipinski definition) is 0. The van der Waals surface area contributed by atoms with Gasteiger partial charge in [-0.3, -0.25) is 4.79 Å². The first kappa shape index (κ1) is 10.7. The van der Waals surface area contributed by atoms with Crippen molar-refractivity contribution in [1.82, 2.24) is 4.98 Å². The van der Waals surface area contributed by atoms with Crippen LogP contribution in [0.15, 0.2) is 18.3 Å². The third-order valence-electron chi connectivity index (χ3n) is 1.74. The Balaban J connectivity index is 2.53. The number of aromatic nitrogens is 1. The fraction of sp³-hybridized carbons (Fsp3) is 0.300. The Kier molecular flexibility index (Phi) is 4.09. The molecule has 0 aliphatic heterocycles. The molecule has 0 aromatic carbocycles. The van der Waals surface area contributed by atoms with E-state index in [1.54, 1.807) is 12.1 Å². The van der Waals surface area contributed by atoms with Crippen LogP contribution < -0.4 is 0 Å². The highest BCUT2D eigenvalue weighted by molar-refractivity contribution is 6.29. The van der Waals surface area contributed by atoms with Gasteiger partial charge in [-0.1, -0.05) is 11.6 Å². The van der Waals surface area contributed by atoms with Crippen LogP contribution in [0, 0.1) is 11.3 Å². The molecule has 72 valence electrons. The lowest BCUT2D eigenvalue weighted by Crippen LogP contribution is -1.99. The van der Waals surface area contributed by atoms with Gasteiger partial charge >= 0.3 is 0 Å². The average Bonchev–Trinajstić information content (AvgIpc) is 2.19. The summed E-state index contributed by atoms with van der Waals surface area (Å²) in [6, 6.07) is 5.22. The summed E-state index contributed by atoms with van der Waals surface area (Å²) in [4.78, 5) is 15.2. The smallest absolute Gasteiger partial charge is 0.164 e. The van der Waals surface area contributed by atoms with Crippen LogP contribution >= 0.6 is 11.6 Å². The SMILES string of the molecule is N#CCCCC(=O)c1ccc(Cl)nc1. The molecule has 0 aliphatic carbocycles. The maximum atomic E-state index is 11.4. The summed E-state index contributed by atoms with van der Waals surface area (Å²) in [7, 11) is 0. The van der Waals surface area contributed by atoms with Crippen molar-refractivity contribution in [3.63, 3.8) is 0 Å². The Hall–Kier alpha value is -1.40. The van der Waals surface area contributed by atoms with E-state index in [0.29, 0.717) is 30.0 Å². The van der Waals surface area contributed by atoms with Crippen LogP contribution in [0.2, 0.25) is 5.15 Å². The minimum Gasteiger partial charge on any atom is -0.294 e. The van der Waals surface area contributed by atoms with Gasteiger partial charge in [-0.15, -0.1) is 0 Å². The fourth-order valence-electron chi connectivity index (χ4n) is 1.01. The summed E-state index contributed by atoms with van der Waals surface area (Å²) in [5.41, 5.74) is 0.548. The van der Waals surface area contributed by atoms with E-state index in [0.717, 1.165) is 0 Å². The zero-order chi connectivity index (χ0) is 10.4. The van der Waals surface area contributed by atoms with Crippen molar-refractivity contribution >= 4 is 17.4 Å². The van der Waals surface area contributed by atoms with Crippen LogP contribution in [0.3, 0.4) is 0 Å². The molecule has 4 heteroatoms. The first-order chi connectivity index (χ1) is 6.74. The molecule has 1 aromatic rings. The van der Waals surface area contributed by atoms with Crippen LogP contribution in [0.5, 0.6) is 0 Å². The van der Waals surface area contributed by atoms with Gasteiger partial charge in [0.1, 0.15) is 5.15 Å². The Bertz CT molecular complexity index is 353. The highest BCUT2D eigenvalue weighted by atomic mass is 35.5. The molecule has 0 N–H and O–H groups in total. The van der Waals surface area contributed by atoms with Gasteiger partial charge in [-0.2, -0.15) is 5.26 Å². The van der Waals surface area contributed by atoms with Crippen LogP contribution in [-0.2, 0) is 0 Å². The van der Waals surface area contributed by atoms with E-state index < -0.39 is 0 Å². The molecular weight excluding hydrogens is 200 g/mol. The van der Waals surface area contributed by atoms with E-state index in [2.05, 4.69) is 4.98 Å². The first-order valence-corrected chi connectivity index (χ1v) is 4.63. The number of ketones is 1. The molecule has 0 fully saturated rings. The maximum Gasteiger partial charge on any atom is 0.164 e. The van der Waals surface area contributed by atoms with Crippen LogP contribution in [0.4, 0.5) is 0 Å². The highest BCUT2D eigenvalue weighted by Crippen LogP contribution is 2.09. The van der Waals surface area contributed by atoms with Crippen molar-refractivity contribution in [2.45, 2.75) is 19.3 Å². The standard InChI is InChI=1S/C10H9ClN2O/c11-10-5-4-8(7-13-10)9(14)3-1-2-6-12/h4-5,7H,1-3H2. The number of halogens is 1. The largest absolute Gasteiger partial charge is 0.294 e. The van der Waals surface area contributed by atoms with Crippen LogP contribution in [0.1, 0.15) is 29.6 Å². The molecule has 0 spiro atoms. The lowest BCUT2D eigenvalue weighted by Gasteiger charge is -1.98. The van der Waals surface area contributed by atoms with Crippen LogP contribution in [0.25, 0.3) is 0 Å². The number of pyridine rings is 1. The van der Waals surface area contributed by atoms with Gasteiger partial charge in [0.2, 0.25) is 0 Å². The number of carbonyl (C=O) groups is 1. The molecule has 0 amide bonds. The predicted octanol–water partition coefficient (Wildman–Crippen LogP) is 2.61. The molecular formula is C10H9ClN2O. The molecule has 0 atom stereocenters. The van der Waals surface area contributed by atoms with Gasteiger partial charge in [-0.05, 0) is 18.6 Å². The number of hydrogen-bond acceptors (Lipinski definition) is 3. The average molecular weight is 209 g/mol. The highest BCUT2D eigenvalue weighted by Gasteiger charge is 2.05. The van der Waals surface area contributed by atoms with Gasteiger partial charge < -0.3 is 0 Å². The van der Waals surface area contributed by atoms with E-state index >= 15 is 0 Å². The molecule has 0 radical (unpaired) electrons. The van der Waals surface area contributed by atoms with Crippen molar-refractivity contribution in [2.75, 3.05) is 0 Å². The van der Waals surface area contributed by atoms with Gasteiger partial charge in [-0.25, -0.2) is 4.98 Å². The van der Waals surface area contributed by atoms with Gasteiger partial charge in [0, 0.05) is 24.6 Å².